The number of thioether (sulfide) groups is 1. The third-order valence-electron chi connectivity index (χ3n) is 2.93. The quantitative estimate of drug-likeness (QED) is 0.851. The minimum atomic E-state index is -3.37. The zero-order valence-electron chi connectivity index (χ0n) is 11.1. The first-order chi connectivity index (χ1) is 9.64. The lowest BCUT2D eigenvalue weighted by Crippen LogP contribution is -2.37. The van der Waals surface area contributed by atoms with E-state index in [4.69, 9.17) is 5.11 Å². The zero-order chi connectivity index (χ0) is 14.4. The van der Waals surface area contributed by atoms with Gasteiger partial charge in [0.05, 0.1) is 11.5 Å². The van der Waals surface area contributed by atoms with Gasteiger partial charge < -0.3 is 5.11 Å². The van der Waals surface area contributed by atoms with Crippen LogP contribution in [0.15, 0.2) is 29.2 Å². The van der Waals surface area contributed by atoms with Gasteiger partial charge in [0.25, 0.3) is 0 Å². The van der Waals surface area contributed by atoms with Crippen molar-refractivity contribution in [3.05, 3.63) is 29.8 Å². The summed E-state index contributed by atoms with van der Waals surface area (Å²) >= 11 is 1.78. The molecule has 1 aromatic carbocycles. The maximum absolute atomic E-state index is 12.4. The second kappa shape index (κ2) is 7.14. The molecular formula is C14H17NO3S2. The van der Waals surface area contributed by atoms with E-state index in [0.29, 0.717) is 24.4 Å². The van der Waals surface area contributed by atoms with Crippen LogP contribution in [-0.4, -0.2) is 49.0 Å². The smallest absolute Gasteiger partial charge is 0.243 e. The van der Waals surface area contributed by atoms with Gasteiger partial charge in [-0.3, -0.25) is 0 Å². The fourth-order valence-electron chi connectivity index (χ4n) is 1.87. The molecule has 4 nitrogen and oxygen atoms in total. The Bertz CT molecular complexity index is 594. The fourth-order valence-corrected chi connectivity index (χ4v) is 4.44. The molecule has 1 heterocycles. The third kappa shape index (κ3) is 3.76. The Balaban J connectivity index is 2.15. The molecule has 0 aromatic heterocycles. The highest BCUT2D eigenvalue weighted by atomic mass is 32.2. The molecule has 1 aliphatic rings. The lowest BCUT2D eigenvalue weighted by molar-refractivity contribution is 0.305. The molecule has 1 fully saturated rings. The van der Waals surface area contributed by atoms with Gasteiger partial charge in [-0.05, 0) is 24.3 Å². The van der Waals surface area contributed by atoms with E-state index in [2.05, 4.69) is 11.8 Å². The van der Waals surface area contributed by atoms with Crippen molar-refractivity contribution in [3.8, 4) is 11.8 Å². The number of benzene rings is 1. The molecule has 0 aliphatic carbocycles. The Hall–Kier alpha value is -1.00. The first kappa shape index (κ1) is 15.4. The van der Waals surface area contributed by atoms with Crippen molar-refractivity contribution >= 4 is 21.8 Å². The molecule has 0 unspecified atom stereocenters. The summed E-state index contributed by atoms with van der Waals surface area (Å²) < 4.78 is 26.4. The van der Waals surface area contributed by atoms with Crippen LogP contribution in [0.5, 0.6) is 0 Å². The Kier molecular flexibility index (Phi) is 5.49. The number of aliphatic hydroxyl groups is 1. The molecule has 0 spiro atoms. The van der Waals surface area contributed by atoms with Crippen LogP contribution in [-0.2, 0) is 10.0 Å². The lowest BCUT2D eigenvalue weighted by Gasteiger charge is -2.25. The monoisotopic (exact) mass is 311 g/mol. The van der Waals surface area contributed by atoms with Gasteiger partial charge in [0.1, 0.15) is 0 Å². The molecule has 1 aliphatic heterocycles. The first-order valence-corrected chi connectivity index (χ1v) is 9.02. The number of nitrogens with zero attached hydrogens (tertiary/aromatic N) is 1. The van der Waals surface area contributed by atoms with Crippen LogP contribution in [0.25, 0.3) is 0 Å². The normalized spacial score (nSPS) is 16.4. The predicted molar refractivity (Wildman–Crippen MR) is 81.1 cm³/mol. The molecular weight excluding hydrogens is 294 g/mol. The maximum Gasteiger partial charge on any atom is 0.243 e. The van der Waals surface area contributed by atoms with Gasteiger partial charge in [0, 0.05) is 36.6 Å². The minimum Gasteiger partial charge on any atom is -0.395 e. The second-order valence-corrected chi connectivity index (χ2v) is 7.48. The SMILES string of the molecule is O=S(=O)(c1ccc(C#CCCO)cc1)N1CCSCC1. The summed E-state index contributed by atoms with van der Waals surface area (Å²) in [6.07, 6.45) is 0.422. The highest BCUT2D eigenvalue weighted by molar-refractivity contribution is 7.99. The van der Waals surface area contributed by atoms with Crippen LogP contribution in [0.2, 0.25) is 0 Å². The Morgan fingerprint density at radius 1 is 1.20 bits per heavy atom. The van der Waals surface area contributed by atoms with Gasteiger partial charge >= 0.3 is 0 Å². The van der Waals surface area contributed by atoms with E-state index in [0.717, 1.165) is 17.1 Å². The molecule has 0 radical (unpaired) electrons. The van der Waals surface area contributed by atoms with Crippen LogP contribution in [0.3, 0.4) is 0 Å². The largest absolute Gasteiger partial charge is 0.395 e. The number of aliphatic hydroxyl groups excluding tert-OH is 1. The lowest BCUT2D eigenvalue weighted by atomic mass is 10.2. The topological polar surface area (TPSA) is 57.6 Å². The highest BCUT2D eigenvalue weighted by Crippen LogP contribution is 2.20. The van der Waals surface area contributed by atoms with E-state index < -0.39 is 10.0 Å². The van der Waals surface area contributed by atoms with Crippen LogP contribution >= 0.6 is 11.8 Å². The third-order valence-corrected chi connectivity index (χ3v) is 5.79. The highest BCUT2D eigenvalue weighted by Gasteiger charge is 2.25. The fraction of sp³-hybridized carbons (Fsp3) is 0.429. The molecule has 0 bridgehead atoms. The molecule has 0 saturated carbocycles. The number of rotatable bonds is 3. The van der Waals surface area contributed by atoms with E-state index in [1.165, 1.54) is 4.31 Å². The Labute approximate surface area is 124 Å². The molecule has 1 saturated heterocycles. The summed E-state index contributed by atoms with van der Waals surface area (Å²) in [7, 11) is -3.37. The van der Waals surface area contributed by atoms with Gasteiger partial charge in [-0.25, -0.2) is 8.42 Å². The molecule has 6 heteroatoms. The van der Waals surface area contributed by atoms with E-state index in [1.807, 2.05) is 0 Å². The molecule has 2 rings (SSSR count). The Morgan fingerprint density at radius 3 is 2.45 bits per heavy atom. The van der Waals surface area contributed by atoms with Gasteiger partial charge in [0.2, 0.25) is 10.0 Å². The summed E-state index contributed by atoms with van der Waals surface area (Å²) in [5, 5.41) is 8.65. The molecule has 1 N–H and O–H groups in total. The van der Waals surface area contributed by atoms with E-state index >= 15 is 0 Å². The predicted octanol–water partition coefficient (Wildman–Crippen LogP) is 1.16. The van der Waals surface area contributed by atoms with Gasteiger partial charge in [-0.15, -0.1) is 0 Å². The van der Waals surface area contributed by atoms with Crippen molar-refractivity contribution in [1.29, 1.82) is 0 Å². The van der Waals surface area contributed by atoms with Crippen molar-refractivity contribution in [2.45, 2.75) is 11.3 Å². The summed E-state index contributed by atoms with van der Waals surface area (Å²) in [5.41, 5.74) is 0.756. The summed E-state index contributed by atoms with van der Waals surface area (Å²) in [5.74, 6) is 7.39. The number of hydrogen-bond donors (Lipinski definition) is 1. The van der Waals surface area contributed by atoms with Crippen molar-refractivity contribution in [1.82, 2.24) is 4.31 Å². The average Bonchev–Trinajstić information content (AvgIpc) is 2.49. The molecule has 20 heavy (non-hydrogen) atoms. The Morgan fingerprint density at radius 2 is 1.85 bits per heavy atom. The first-order valence-electron chi connectivity index (χ1n) is 6.42. The summed E-state index contributed by atoms with van der Waals surface area (Å²) in [4.78, 5) is 0.317. The van der Waals surface area contributed by atoms with Gasteiger partial charge in [0.15, 0.2) is 0 Å². The van der Waals surface area contributed by atoms with Crippen molar-refractivity contribution < 1.29 is 13.5 Å². The second-order valence-electron chi connectivity index (χ2n) is 4.32. The number of hydrogen-bond acceptors (Lipinski definition) is 4. The van der Waals surface area contributed by atoms with Crippen LogP contribution in [0, 0.1) is 11.8 Å². The maximum atomic E-state index is 12.4. The van der Waals surface area contributed by atoms with Crippen molar-refractivity contribution in [3.63, 3.8) is 0 Å². The van der Waals surface area contributed by atoms with E-state index in [-0.39, 0.29) is 6.61 Å². The average molecular weight is 311 g/mol. The van der Waals surface area contributed by atoms with Gasteiger partial charge in [-0.2, -0.15) is 16.1 Å². The van der Waals surface area contributed by atoms with Crippen molar-refractivity contribution in [2.75, 3.05) is 31.2 Å². The molecule has 0 amide bonds. The summed E-state index contributed by atoms with van der Waals surface area (Å²) in [6.45, 7) is 1.18. The minimum absolute atomic E-state index is 0.0342. The van der Waals surface area contributed by atoms with E-state index in [9.17, 15) is 8.42 Å². The van der Waals surface area contributed by atoms with Crippen molar-refractivity contribution in [2.24, 2.45) is 0 Å². The molecule has 1 aromatic rings. The summed E-state index contributed by atoms with van der Waals surface area (Å²) in [6, 6.07) is 6.60. The van der Waals surface area contributed by atoms with Crippen LogP contribution in [0.4, 0.5) is 0 Å². The molecule has 108 valence electrons. The zero-order valence-corrected chi connectivity index (χ0v) is 12.7. The van der Waals surface area contributed by atoms with Gasteiger partial charge in [-0.1, -0.05) is 11.8 Å². The van der Waals surface area contributed by atoms with E-state index in [1.54, 1.807) is 36.0 Å². The van der Waals surface area contributed by atoms with Crippen LogP contribution in [0.1, 0.15) is 12.0 Å². The van der Waals surface area contributed by atoms with Crippen LogP contribution < -0.4 is 0 Å². The molecule has 0 atom stereocenters. The number of sulfonamides is 1. The standard InChI is InChI=1S/C14H17NO3S2/c16-10-2-1-3-13-4-6-14(7-5-13)20(17,18)15-8-11-19-12-9-15/h4-7,16H,2,8-12H2.